The molecule has 1 amide bonds. The zero-order valence-electron chi connectivity index (χ0n) is 20.2. The van der Waals surface area contributed by atoms with Gasteiger partial charge in [-0.2, -0.15) is 0 Å². The quantitative estimate of drug-likeness (QED) is 0.146. The van der Waals surface area contributed by atoms with Crippen LogP contribution in [0.4, 0.5) is 5.69 Å². The van der Waals surface area contributed by atoms with Crippen molar-refractivity contribution >= 4 is 63.2 Å². The summed E-state index contributed by atoms with van der Waals surface area (Å²) in [5.41, 5.74) is 3.90. The smallest absolute Gasteiger partial charge is 0.293 e. The Morgan fingerprint density at radius 1 is 1.00 bits per heavy atom. The van der Waals surface area contributed by atoms with Crippen LogP contribution in [-0.2, 0) is 0 Å². The van der Waals surface area contributed by atoms with Gasteiger partial charge in [-0.05, 0) is 78.3 Å². The number of benzene rings is 3. The molecular formula is C28H21Cl2N3O4S. The zero-order chi connectivity index (χ0) is 27.0. The molecule has 2 heterocycles. The molecular weight excluding hydrogens is 545 g/mol. The van der Waals surface area contributed by atoms with Gasteiger partial charge in [0.25, 0.3) is 5.91 Å². The first-order valence-corrected chi connectivity index (χ1v) is 12.8. The second-order valence-corrected chi connectivity index (χ2v) is 10.00. The van der Waals surface area contributed by atoms with Crippen LogP contribution in [0.15, 0.2) is 75.6 Å². The first kappa shape index (κ1) is 25.8. The number of fused-ring (bicyclic) bond motifs is 1. The summed E-state index contributed by atoms with van der Waals surface area (Å²) in [7, 11) is 0. The molecule has 0 unspecified atom stereocenters. The number of phenolic OH excluding ortho intramolecular Hbond substituents is 1. The zero-order valence-corrected chi connectivity index (χ0v) is 22.5. The van der Waals surface area contributed by atoms with E-state index in [9.17, 15) is 9.90 Å². The number of aromatic nitrogens is 1. The van der Waals surface area contributed by atoms with Gasteiger partial charge in [-0.15, -0.1) is 0 Å². The third-order valence-electron chi connectivity index (χ3n) is 5.84. The Labute approximate surface area is 233 Å². The van der Waals surface area contributed by atoms with Crippen LogP contribution in [-0.4, -0.2) is 21.1 Å². The van der Waals surface area contributed by atoms with Gasteiger partial charge in [0.1, 0.15) is 17.0 Å². The summed E-state index contributed by atoms with van der Waals surface area (Å²) >= 11 is 17.6. The third-order valence-corrected chi connectivity index (χ3v) is 6.86. The number of nitrogens with zero attached hydrogens (tertiary/aromatic N) is 1. The maximum absolute atomic E-state index is 12.7. The van der Waals surface area contributed by atoms with Gasteiger partial charge in [-0.3, -0.25) is 10.1 Å². The molecule has 2 aromatic heterocycles. The molecule has 0 atom stereocenters. The van der Waals surface area contributed by atoms with Gasteiger partial charge in [0.2, 0.25) is 5.89 Å². The Kier molecular flexibility index (Phi) is 7.12. The van der Waals surface area contributed by atoms with Crippen LogP contribution in [0.25, 0.3) is 33.9 Å². The summed E-state index contributed by atoms with van der Waals surface area (Å²) in [5, 5.41) is 16.7. The molecule has 0 aliphatic heterocycles. The van der Waals surface area contributed by atoms with E-state index in [4.69, 9.17) is 44.3 Å². The molecule has 0 saturated heterocycles. The average molecular weight is 566 g/mol. The van der Waals surface area contributed by atoms with Crippen LogP contribution in [0, 0.1) is 0 Å². The lowest BCUT2D eigenvalue weighted by molar-refractivity contribution is 0.0951. The van der Waals surface area contributed by atoms with Crippen molar-refractivity contribution < 1.29 is 18.7 Å². The lowest BCUT2D eigenvalue weighted by Gasteiger charge is -2.10. The largest absolute Gasteiger partial charge is 0.507 e. The number of phenols is 1. The summed E-state index contributed by atoms with van der Waals surface area (Å²) in [6.45, 7) is 4.20. The standard InChI is InChI=1S/C28H21Cl2N3O4S/c1-14(2)15-6-9-23-20(12-15)32-27(37-23)18-13-16(7-8-21(18)34)31-28(38)33-26(35)24-11-10-22(36-24)17-4-3-5-19(29)25(17)30/h3-14,34H,1-2H3,(H2,31,33,35,38). The van der Waals surface area contributed by atoms with Crippen molar-refractivity contribution in [1.29, 1.82) is 0 Å². The molecule has 0 spiro atoms. The SMILES string of the molecule is CC(C)c1ccc2oc(-c3cc(NC(=S)NC(=O)c4ccc(-c5cccc(Cl)c5Cl)o4)ccc3O)nc2c1. The fraction of sp³-hybridized carbons (Fsp3) is 0.107. The van der Waals surface area contributed by atoms with Crippen LogP contribution in [0.5, 0.6) is 5.75 Å². The first-order chi connectivity index (χ1) is 18.2. The van der Waals surface area contributed by atoms with E-state index in [1.807, 2.05) is 18.2 Å². The van der Waals surface area contributed by atoms with Gasteiger partial charge < -0.3 is 19.3 Å². The van der Waals surface area contributed by atoms with Crippen LogP contribution < -0.4 is 10.6 Å². The Hall–Kier alpha value is -3.85. The van der Waals surface area contributed by atoms with Crippen molar-refractivity contribution in [3.8, 4) is 28.5 Å². The first-order valence-electron chi connectivity index (χ1n) is 11.6. The van der Waals surface area contributed by atoms with Crippen molar-refractivity contribution in [2.24, 2.45) is 0 Å². The molecule has 0 saturated carbocycles. The summed E-state index contributed by atoms with van der Waals surface area (Å²) in [5.74, 6) is 0.482. The predicted molar refractivity (Wildman–Crippen MR) is 153 cm³/mol. The summed E-state index contributed by atoms with van der Waals surface area (Å²) in [4.78, 5) is 17.2. The number of oxazole rings is 1. The number of thiocarbonyl (C=S) groups is 1. The molecule has 38 heavy (non-hydrogen) atoms. The molecule has 192 valence electrons. The number of halogens is 2. The number of rotatable bonds is 5. The summed E-state index contributed by atoms with van der Waals surface area (Å²) in [6, 6.07) is 18.8. The monoisotopic (exact) mass is 565 g/mol. The fourth-order valence-electron chi connectivity index (χ4n) is 3.83. The van der Waals surface area contributed by atoms with E-state index in [0.29, 0.717) is 49.6 Å². The Bertz CT molecular complexity index is 1690. The number of carbonyl (C=O) groups excluding carboxylic acids is 1. The molecule has 0 aliphatic rings. The van der Waals surface area contributed by atoms with Crippen molar-refractivity contribution in [2.45, 2.75) is 19.8 Å². The molecule has 5 aromatic rings. The summed E-state index contributed by atoms with van der Waals surface area (Å²) in [6.07, 6.45) is 0. The van der Waals surface area contributed by atoms with E-state index >= 15 is 0 Å². The second kappa shape index (κ2) is 10.5. The Balaban J connectivity index is 1.30. The fourth-order valence-corrected chi connectivity index (χ4v) is 4.43. The van der Waals surface area contributed by atoms with E-state index < -0.39 is 5.91 Å². The number of furan rings is 1. The maximum Gasteiger partial charge on any atom is 0.293 e. The Morgan fingerprint density at radius 2 is 1.82 bits per heavy atom. The van der Waals surface area contributed by atoms with Gasteiger partial charge in [-0.1, -0.05) is 49.2 Å². The predicted octanol–water partition coefficient (Wildman–Crippen LogP) is 8.02. The highest BCUT2D eigenvalue weighted by Gasteiger charge is 2.18. The van der Waals surface area contributed by atoms with E-state index in [1.165, 1.54) is 12.1 Å². The molecule has 5 rings (SSSR count). The van der Waals surface area contributed by atoms with Crippen molar-refractivity contribution in [2.75, 3.05) is 5.32 Å². The van der Waals surface area contributed by atoms with Crippen LogP contribution >= 0.6 is 35.4 Å². The maximum atomic E-state index is 12.7. The molecule has 3 aromatic carbocycles. The van der Waals surface area contributed by atoms with Crippen molar-refractivity contribution in [3.63, 3.8) is 0 Å². The van der Waals surface area contributed by atoms with Gasteiger partial charge >= 0.3 is 0 Å². The number of amides is 1. The minimum absolute atomic E-state index is 0.0102. The minimum atomic E-state index is -0.550. The van der Waals surface area contributed by atoms with Gasteiger partial charge in [0, 0.05) is 11.3 Å². The van der Waals surface area contributed by atoms with Gasteiger partial charge in [-0.25, -0.2) is 4.98 Å². The lowest BCUT2D eigenvalue weighted by atomic mass is 10.0. The number of aromatic hydroxyl groups is 1. The number of hydrogen-bond acceptors (Lipinski definition) is 6. The van der Waals surface area contributed by atoms with Crippen LogP contribution in [0.2, 0.25) is 10.0 Å². The summed E-state index contributed by atoms with van der Waals surface area (Å²) < 4.78 is 11.5. The van der Waals surface area contributed by atoms with E-state index in [1.54, 1.807) is 36.4 Å². The molecule has 0 bridgehead atoms. The minimum Gasteiger partial charge on any atom is -0.507 e. The van der Waals surface area contributed by atoms with E-state index in [0.717, 1.165) is 5.56 Å². The topological polar surface area (TPSA) is 101 Å². The average Bonchev–Trinajstić information content (AvgIpc) is 3.54. The lowest BCUT2D eigenvalue weighted by Crippen LogP contribution is -2.33. The highest BCUT2D eigenvalue weighted by Crippen LogP contribution is 2.35. The third kappa shape index (κ3) is 5.24. The molecule has 0 aliphatic carbocycles. The van der Waals surface area contributed by atoms with Crippen LogP contribution in [0.3, 0.4) is 0 Å². The number of nitrogens with one attached hydrogen (secondary N) is 2. The van der Waals surface area contributed by atoms with Gasteiger partial charge in [0.05, 0.1) is 15.6 Å². The molecule has 0 radical (unpaired) electrons. The highest BCUT2D eigenvalue weighted by molar-refractivity contribution is 7.80. The Morgan fingerprint density at radius 3 is 2.61 bits per heavy atom. The van der Waals surface area contributed by atoms with Gasteiger partial charge in [0.15, 0.2) is 16.5 Å². The van der Waals surface area contributed by atoms with Crippen molar-refractivity contribution in [1.82, 2.24) is 10.3 Å². The van der Waals surface area contributed by atoms with Crippen LogP contribution in [0.1, 0.15) is 35.9 Å². The highest BCUT2D eigenvalue weighted by atomic mass is 35.5. The number of carbonyl (C=O) groups is 1. The second-order valence-electron chi connectivity index (χ2n) is 8.81. The molecule has 7 nitrogen and oxygen atoms in total. The number of anilines is 1. The normalized spacial score (nSPS) is 11.2. The number of hydrogen-bond donors (Lipinski definition) is 3. The van der Waals surface area contributed by atoms with E-state index in [2.05, 4.69) is 29.5 Å². The van der Waals surface area contributed by atoms with E-state index in [-0.39, 0.29) is 22.5 Å². The molecule has 0 fully saturated rings. The van der Waals surface area contributed by atoms with Crippen molar-refractivity contribution in [3.05, 3.63) is 88.1 Å². The molecule has 10 heteroatoms. The molecule has 3 N–H and O–H groups in total.